The van der Waals surface area contributed by atoms with Crippen LogP contribution in [0.4, 0.5) is 0 Å². The highest BCUT2D eigenvalue weighted by atomic mass is 32.2. The molecule has 0 saturated carbocycles. The van der Waals surface area contributed by atoms with Gasteiger partial charge in [-0.25, -0.2) is 13.1 Å². The molecule has 1 saturated heterocycles. The van der Waals surface area contributed by atoms with Gasteiger partial charge < -0.3 is 9.84 Å². The predicted octanol–water partition coefficient (Wildman–Crippen LogP) is 1.59. The Morgan fingerprint density at radius 3 is 2.55 bits per heavy atom. The van der Waals surface area contributed by atoms with Crippen molar-refractivity contribution in [3.63, 3.8) is 0 Å². The number of aromatic hydroxyl groups is 1. The minimum Gasteiger partial charge on any atom is -0.508 e. The molecule has 5 nitrogen and oxygen atoms in total. The molecule has 0 bridgehead atoms. The van der Waals surface area contributed by atoms with E-state index in [-0.39, 0.29) is 17.7 Å². The summed E-state index contributed by atoms with van der Waals surface area (Å²) in [6.45, 7) is 4.30. The van der Waals surface area contributed by atoms with E-state index in [9.17, 15) is 13.5 Å². The zero-order valence-electron chi connectivity index (χ0n) is 11.7. The Kier molecular flexibility index (Phi) is 4.67. The summed E-state index contributed by atoms with van der Waals surface area (Å²) in [6, 6.07) is 6.65. The van der Waals surface area contributed by atoms with Crippen LogP contribution in [-0.2, 0) is 14.8 Å². The second kappa shape index (κ2) is 6.11. The standard InChI is InChI=1S/C14H21NO4S/c1-10(2)20(17,18)15-14-9-19-8-7-13(14)11-3-5-12(16)6-4-11/h3-6,10,13-16H,7-9H2,1-2H3/t13-,14+/m1/s1. The van der Waals surface area contributed by atoms with Crippen LogP contribution in [-0.4, -0.2) is 38.0 Å². The van der Waals surface area contributed by atoms with Gasteiger partial charge in [0.15, 0.2) is 0 Å². The molecule has 0 spiro atoms. The van der Waals surface area contributed by atoms with E-state index in [1.807, 2.05) is 12.1 Å². The van der Waals surface area contributed by atoms with Gasteiger partial charge in [0.05, 0.1) is 17.9 Å². The molecule has 1 aliphatic heterocycles. The lowest BCUT2D eigenvalue weighted by atomic mass is 9.88. The minimum atomic E-state index is -3.33. The first kappa shape index (κ1) is 15.3. The van der Waals surface area contributed by atoms with Crippen molar-refractivity contribution in [1.29, 1.82) is 0 Å². The Balaban J connectivity index is 2.19. The average molecular weight is 299 g/mol. The van der Waals surface area contributed by atoms with E-state index in [0.717, 1.165) is 12.0 Å². The largest absolute Gasteiger partial charge is 0.508 e. The molecular weight excluding hydrogens is 278 g/mol. The predicted molar refractivity (Wildman–Crippen MR) is 77.3 cm³/mol. The van der Waals surface area contributed by atoms with Crippen molar-refractivity contribution in [3.05, 3.63) is 29.8 Å². The van der Waals surface area contributed by atoms with Crippen LogP contribution in [0.3, 0.4) is 0 Å². The summed E-state index contributed by atoms with van der Waals surface area (Å²) >= 11 is 0. The highest BCUT2D eigenvalue weighted by Gasteiger charge is 2.31. The summed E-state index contributed by atoms with van der Waals surface area (Å²) in [5.41, 5.74) is 1.02. The Bertz CT molecular complexity index is 539. The lowest BCUT2D eigenvalue weighted by Gasteiger charge is -2.32. The number of hydrogen-bond acceptors (Lipinski definition) is 4. The van der Waals surface area contributed by atoms with Crippen molar-refractivity contribution in [2.24, 2.45) is 0 Å². The molecule has 1 aliphatic rings. The molecule has 1 heterocycles. The molecule has 0 aliphatic carbocycles. The SMILES string of the molecule is CC(C)S(=O)(=O)N[C@H]1COCC[C@@H]1c1ccc(O)cc1. The molecule has 20 heavy (non-hydrogen) atoms. The van der Waals surface area contributed by atoms with Gasteiger partial charge in [-0.2, -0.15) is 0 Å². The monoisotopic (exact) mass is 299 g/mol. The highest BCUT2D eigenvalue weighted by Crippen LogP contribution is 2.29. The molecule has 1 aromatic rings. The average Bonchev–Trinajstić information content (AvgIpc) is 2.40. The van der Waals surface area contributed by atoms with Crippen LogP contribution in [0.1, 0.15) is 31.7 Å². The number of phenols is 1. The quantitative estimate of drug-likeness (QED) is 0.885. The maximum atomic E-state index is 12.0. The summed E-state index contributed by atoms with van der Waals surface area (Å²) in [5, 5.41) is 8.88. The number of phenolic OH excluding ortho intramolecular Hbond substituents is 1. The number of nitrogens with one attached hydrogen (secondary N) is 1. The van der Waals surface area contributed by atoms with Crippen LogP contribution in [0.25, 0.3) is 0 Å². The van der Waals surface area contributed by atoms with Crippen molar-refractivity contribution in [3.8, 4) is 5.75 Å². The van der Waals surface area contributed by atoms with E-state index in [0.29, 0.717) is 13.2 Å². The summed E-state index contributed by atoms with van der Waals surface area (Å²) in [6.07, 6.45) is 0.760. The number of rotatable bonds is 4. The van der Waals surface area contributed by atoms with E-state index in [4.69, 9.17) is 4.74 Å². The van der Waals surface area contributed by atoms with E-state index < -0.39 is 15.3 Å². The van der Waals surface area contributed by atoms with Crippen LogP contribution in [0.15, 0.2) is 24.3 Å². The molecule has 2 rings (SSSR count). The fourth-order valence-electron chi connectivity index (χ4n) is 2.32. The van der Waals surface area contributed by atoms with Gasteiger partial charge in [-0.05, 0) is 38.0 Å². The Labute approximate surface area is 120 Å². The van der Waals surface area contributed by atoms with Crippen LogP contribution in [0.2, 0.25) is 0 Å². The molecule has 0 radical (unpaired) electrons. The lowest BCUT2D eigenvalue weighted by Crippen LogP contribution is -2.47. The van der Waals surface area contributed by atoms with Crippen molar-refractivity contribution in [1.82, 2.24) is 4.72 Å². The molecule has 0 aromatic heterocycles. The van der Waals surface area contributed by atoms with Gasteiger partial charge in [0.1, 0.15) is 5.75 Å². The number of sulfonamides is 1. The summed E-state index contributed by atoms with van der Waals surface area (Å²) in [7, 11) is -3.33. The topological polar surface area (TPSA) is 75.6 Å². The lowest BCUT2D eigenvalue weighted by molar-refractivity contribution is 0.0644. The third-order valence-corrected chi connectivity index (χ3v) is 5.49. The van der Waals surface area contributed by atoms with Crippen LogP contribution in [0.5, 0.6) is 5.75 Å². The third-order valence-electron chi connectivity index (χ3n) is 3.61. The maximum absolute atomic E-state index is 12.0. The van der Waals surface area contributed by atoms with Gasteiger partial charge in [0.2, 0.25) is 10.0 Å². The maximum Gasteiger partial charge on any atom is 0.214 e. The van der Waals surface area contributed by atoms with E-state index in [2.05, 4.69) is 4.72 Å². The normalized spacial score (nSPS) is 23.9. The van der Waals surface area contributed by atoms with Crippen LogP contribution < -0.4 is 4.72 Å². The first-order valence-corrected chi connectivity index (χ1v) is 8.32. The second-order valence-corrected chi connectivity index (χ2v) is 7.65. The number of ether oxygens (including phenoxy) is 1. The summed E-state index contributed by atoms with van der Waals surface area (Å²) < 4.78 is 32.2. The van der Waals surface area contributed by atoms with Crippen LogP contribution in [0, 0.1) is 0 Å². The minimum absolute atomic E-state index is 0.0675. The second-order valence-electron chi connectivity index (χ2n) is 5.38. The smallest absolute Gasteiger partial charge is 0.214 e. The number of hydrogen-bond donors (Lipinski definition) is 2. The van der Waals surface area contributed by atoms with Gasteiger partial charge in [-0.3, -0.25) is 0 Å². The van der Waals surface area contributed by atoms with Gasteiger partial charge >= 0.3 is 0 Å². The van der Waals surface area contributed by atoms with Crippen molar-refractivity contribution in [2.45, 2.75) is 37.5 Å². The van der Waals surface area contributed by atoms with E-state index >= 15 is 0 Å². The van der Waals surface area contributed by atoms with E-state index in [1.54, 1.807) is 26.0 Å². The molecule has 0 unspecified atom stereocenters. The van der Waals surface area contributed by atoms with Gasteiger partial charge in [0.25, 0.3) is 0 Å². The Hall–Kier alpha value is -1.11. The zero-order chi connectivity index (χ0) is 14.8. The fourth-order valence-corrected chi connectivity index (χ4v) is 3.25. The summed E-state index contributed by atoms with van der Waals surface area (Å²) in [5.74, 6) is 0.276. The fraction of sp³-hybridized carbons (Fsp3) is 0.571. The summed E-state index contributed by atoms with van der Waals surface area (Å²) in [4.78, 5) is 0. The molecule has 2 atom stereocenters. The van der Waals surface area contributed by atoms with Crippen LogP contribution >= 0.6 is 0 Å². The first-order chi connectivity index (χ1) is 9.40. The molecular formula is C14H21NO4S. The third kappa shape index (κ3) is 3.50. The highest BCUT2D eigenvalue weighted by molar-refractivity contribution is 7.90. The molecule has 6 heteroatoms. The van der Waals surface area contributed by atoms with Crippen molar-refractivity contribution in [2.75, 3.05) is 13.2 Å². The molecule has 2 N–H and O–H groups in total. The molecule has 1 aromatic carbocycles. The molecule has 0 amide bonds. The Morgan fingerprint density at radius 1 is 1.30 bits per heavy atom. The van der Waals surface area contributed by atoms with Gasteiger partial charge in [-0.1, -0.05) is 12.1 Å². The van der Waals surface area contributed by atoms with E-state index in [1.165, 1.54) is 0 Å². The molecule has 112 valence electrons. The molecule has 1 fully saturated rings. The van der Waals surface area contributed by atoms with Gasteiger partial charge in [0, 0.05) is 12.5 Å². The number of benzene rings is 1. The van der Waals surface area contributed by atoms with Crippen molar-refractivity contribution >= 4 is 10.0 Å². The Morgan fingerprint density at radius 2 is 1.95 bits per heavy atom. The van der Waals surface area contributed by atoms with Crippen molar-refractivity contribution < 1.29 is 18.3 Å². The first-order valence-electron chi connectivity index (χ1n) is 6.78. The van der Waals surface area contributed by atoms with Gasteiger partial charge in [-0.15, -0.1) is 0 Å². The zero-order valence-corrected chi connectivity index (χ0v) is 12.6.